The molecule has 1 heterocycles. The molecule has 0 aliphatic rings. The third kappa shape index (κ3) is 3.23. The van der Waals surface area contributed by atoms with Gasteiger partial charge in [-0.15, -0.1) is 0 Å². The summed E-state index contributed by atoms with van der Waals surface area (Å²) in [5.41, 5.74) is 7.28. The first-order chi connectivity index (χ1) is 11.1. The molecule has 5 heteroatoms. The SMILES string of the molecule is NC(=O)C(=O)c1c[nH]c2ccc(OCCc3ccccc3)cc12. The van der Waals surface area contributed by atoms with Crippen molar-refractivity contribution in [2.24, 2.45) is 5.73 Å². The van der Waals surface area contributed by atoms with E-state index in [4.69, 9.17) is 10.5 Å². The summed E-state index contributed by atoms with van der Waals surface area (Å²) in [5.74, 6) is -1.04. The topological polar surface area (TPSA) is 85.2 Å². The highest BCUT2D eigenvalue weighted by molar-refractivity contribution is 6.44. The largest absolute Gasteiger partial charge is 0.493 e. The van der Waals surface area contributed by atoms with Crippen LogP contribution in [0, 0.1) is 0 Å². The Morgan fingerprint density at radius 1 is 1.09 bits per heavy atom. The molecule has 116 valence electrons. The van der Waals surface area contributed by atoms with E-state index in [1.807, 2.05) is 42.5 Å². The van der Waals surface area contributed by atoms with Crippen molar-refractivity contribution in [2.75, 3.05) is 6.61 Å². The summed E-state index contributed by atoms with van der Waals surface area (Å²) in [5, 5.41) is 0.631. The average Bonchev–Trinajstić information content (AvgIpc) is 2.98. The lowest BCUT2D eigenvalue weighted by atomic mass is 10.1. The first kappa shape index (κ1) is 14.8. The number of Topliss-reactive ketones (excluding diaryl/α,β-unsaturated/α-hetero) is 1. The Labute approximate surface area is 133 Å². The van der Waals surface area contributed by atoms with Crippen molar-refractivity contribution in [1.29, 1.82) is 0 Å². The number of carbonyl (C=O) groups is 2. The van der Waals surface area contributed by atoms with Crippen molar-refractivity contribution in [3.05, 3.63) is 65.9 Å². The van der Waals surface area contributed by atoms with Crippen molar-refractivity contribution in [1.82, 2.24) is 4.98 Å². The standard InChI is InChI=1S/C18H16N2O3/c19-18(22)17(21)15-11-20-16-7-6-13(10-14(15)16)23-9-8-12-4-2-1-3-5-12/h1-7,10-11,20H,8-9H2,(H2,19,22). The van der Waals surface area contributed by atoms with Gasteiger partial charge in [0.25, 0.3) is 11.7 Å². The number of amides is 1. The fraction of sp³-hybridized carbons (Fsp3) is 0.111. The highest BCUT2D eigenvalue weighted by atomic mass is 16.5. The second-order valence-corrected chi connectivity index (χ2v) is 5.19. The molecule has 0 saturated carbocycles. The number of primary amides is 1. The molecule has 3 N–H and O–H groups in total. The minimum Gasteiger partial charge on any atom is -0.493 e. The molecule has 0 spiro atoms. The van der Waals surface area contributed by atoms with Gasteiger partial charge >= 0.3 is 0 Å². The molecule has 3 rings (SSSR count). The van der Waals surface area contributed by atoms with Gasteiger partial charge in [0.05, 0.1) is 12.2 Å². The molecule has 0 saturated heterocycles. The minimum absolute atomic E-state index is 0.265. The lowest BCUT2D eigenvalue weighted by molar-refractivity contribution is -0.114. The monoisotopic (exact) mass is 308 g/mol. The number of nitrogens with two attached hydrogens (primary N) is 1. The Kier molecular flexibility index (Phi) is 4.10. The fourth-order valence-corrected chi connectivity index (χ4v) is 2.44. The summed E-state index contributed by atoms with van der Waals surface area (Å²) in [6.45, 7) is 0.527. The van der Waals surface area contributed by atoms with Crippen molar-refractivity contribution in [3.8, 4) is 5.75 Å². The molecule has 0 aliphatic heterocycles. The molecule has 1 aromatic heterocycles. The predicted octanol–water partition coefficient (Wildman–Crippen LogP) is 2.46. The summed E-state index contributed by atoms with van der Waals surface area (Å²) < 4.78 is 5.74. The molecular weight excluding hydrogens is 292 g/mol. The maximum Gasteiger partial charge on any atom is 0.289 e. The number of benzene rings is 2. The molecule has 5 nitrogen and oxygen atoms in total. The number of ether oxygens (including phenoxy) is 1. The van der Waals surface area contributed by atoms with Crippen LogP contribution in [0.25, 0.3) is 10.9 Å². The maximum atomic E-state index is 11.8. The smallest absolute Gasteiger partial charge is 0.289 e. The van der Waals surface area contributed by atoms with Crippen LogP contribution in [0.3, 0.4) is 0 Å². The lowest BCUT2D eigenvalue weighted by Crippen LogP contribution is -2.22. The summed E-state index contributed by atoms with van der Waals surface area (Å²) in [6.07, 6.45) is 2.28. The van der Waals surface area contributed by atoms with Crippen LogP contribution in [0.4, 0.5) is 0 Å². The van der Waals surface area contributed by atoms with Crippen LogP contribution in [-0.2, 0) is 11.2 Å². The van der Waals surface area contributed by atoms with Gasteiger partial charge in [-0.3, -0.25) is 9.59 Å². The number of aromatic amines is 1. The Bertz CT molecular complexity index is 853. The first-order valence-corrected chi connectivity index (χ1v) is 7.27. The summed E-state index contributed by atoms with van der Waals surface area (Å²) in [4.78, 5) is 25.8. The van der Waals surface area contributed by atoms with Crippen LogP contribution in [0.1, 0.15) is 15.9 Å². The third-order valence-electron chi connectivity index (χ3n) is 3.62. The van der Waals surface area contributed by atoms with Gasteiger partial charge in [-0.25, -0.2) is 0 Å². The highest BCUT2D eigenvalue weighted by Gasteiger charge is 2.17. The van der Waals surface area contributed by atoms with E-state index in [2.05, 4.69) is 4.98 Å². The maximum absolute atomic E-state index is 11.8. The highest BCUT2D eigenvalue weighted by Crippen LogP contribution is 2.24. The number of ketones is 1. The number of nitrogens with one attached hydrogen (secondary N) is 1. The van der Waals surface area contributed by atoms with E-state index in [-0.39, 0.29) is 5.56 Å². The summed E-state index contributed by atoms with van der Waals surface area (Å²) in [6, 6.07) is 15.4. The number of H-pyrrole nitrogens is 1. The van der Waals surface area contributed by atoms with Crippen LogP contribution >= 0.6 is 0 Å². The van der Waals surface area contributed by atoms with Gasteiger partial charge in [-0.05, 0) is 23.8 Å². The second-order valence-electron chi connectivity index (χ2n) is 5.19. The minimum atomic E-state index is -0.971. The molecule has 0 bridgehead atoms. The molecule has 0 unspecified atom stereocenters. The zero-order valence-electron chi connectivity index (χ0n) is 12.4. The van der Waals surface area contributed by atoms with Gasteiger partial charge < -0.3 is 15.5 Å². The number of rotatable bonds is 6. The zero-order valence-corrected chi connectivity index (χ0v) is 12.4. The van der Waals surface area contributed by atoms with E-state index < -0.39 is 11.7 Å². The van der Waals surface area contributed by atoms with E-state index in [1.54, 1.807) is 6.07 Å². The fourth-order valence-electron chi connectivity index (χ4n) is 2.44. The van der Waals surface area contributed by atoms with Gasteiger partial charge in [0.2, 0.25) is 0 Å². The van der Waals surface area contributed by atoms with Crippen LogP contribution in [0.5, 0.6) is 5.75 Å². The molecule has 1 amide bonds. The van der Waals surface area contributed by atoms with E-state index >= 15 is 0 Å². The molecule has 0 fully saturated rings. The van der Waals surface area contributed by atoms with E-state index in [0.29, 0.717) is 17.7 Å². The van der Waals surface area contributed by atoms with Crippen LogP contribution < -0.4 is 10.5 Å². The van der Waals surface area contributed by atoms with Gasteiger partial charge in [-0.1, -0.05) is 30.3 Å². The normalized spacial score (nSPS) is 10.6. The van der Waals surface area contributed by atoms with Crippen LogP contribution in [0.15, 0.2) is 54.7 Å². The molecule has 0 atom stereocenters. The predicted molar refractivity (Wildman–Crippen MR) is 87.5 cm³/mol. The van der Waals surface area contributed by atoms with E-state index in [1.165, 1.54) is 11.8 Å². The van der Waals surface area contributed by atoms with Crippen LogP contribution in [0.2, 0.25) is 0 Å². The summed E-state index contributed by atoms with van der Waals surface area (Å²) >= 11 is 0. The van der Waals surface area contributed by atoms with Crippen LogP contribution in [-0.4, -0.2) is 23.3 Å². The Morgan fingerprint density at radius 2 is 1.87 bits per heavy atom. The Balaban J connectivity index is 1.75. The third-order valence-corrected chi connectivity index (χ3v) is 3.62. The van der Waals surface area contributed by atoms with Gasteiger partial charge in [0.1, 0.15) is 5.75 Å². The molecule has 23 heavy (non-hydrogen) atoms. The number of aromatic nitrogens is 1. The average molecular weight is 308 g/mol. The first-order valence-electron chi connectivity index (χ1n) is 7.27. The number of hydrogen-bond acceptors (Lipinski definition) is 3. The second kappa shape index (κ2) is 6.36. The number of fused-ring (bicyclic) bond motifs is 1. The van der Waals surface area contributed by atoms with Crippen molar-refractivity contribution in [3.63, 3.8) is 0 Å². The van der Waals surface area contributed by atoms with Gasteiger partial charge in [0.15, 0.2) is 0 Å². The number of carbonyl (C=O) groups excluding carboxylic acids is 2. The van der Waals surface area contributed by atoms with Crippen molar-refractivity contribution < 1.29 is 14.3 Å². The number of hydrogen-bond donors (Lipinski definition) is 2. The molecule has 3 aromatic rings. The Morgan fingerprint density at radius 3 is 2.61 bits per heavy atom. The Hall–Kier alpha value is -3.08. The molecule has 2 aromatic carbocycles. The lowest BCUT2D eigenvalue weighted by Gasteiger charge is -2.07. The molecular formula is C18H16N2O3. The quantitative estimate of drug-likeness (QED) is 0.542. The molecule has 0 aliphatic carbocycles. The summed E-state index contributed by atoms with van der Waals surface area (Å²) in [7, 11) is 0. The van der Waals surface area contributed by atoms with E-state index in [9.17, 15) is 9.59 Å². The molecule has 0 radical (unpaired) electrons. The van der Waals surface area contributed by atoms with Gasteiger partial charge in [0, 0.05) is 23.5 Å². The van der Waals surface area contributed by atoms with Crippen molar-refractivity contribution >= 4 is 22.6 Å². The van der Waals surface area contributed by atoms with Crippen molar-refractivity contribution in [2.45, 2.75) is 6.42 Å². The zero-order chi connectivity index (χ0) is 16.2. The van der Waals surface area contributed by atoms with Gasteiger partial charge in [-0.2, -0.15) is 0 Å². The van der Waals surface area contributed by atoms with E-state index in [0.717, 1.165) is 11.9 Å².